The summed E-state index contributed by atoms with van der Waals surface area (Å²) in [7, 11) is 3.38. The number of likely N-dealkylation sites (tertiary alicyclic amines) is 1. The molecule has 0 radical (unpaired) electrons. The van der Waals surface area contributed by atoms with Crippen LogP contribution < -0.4 is 9.80 Å². The number of amides is 1. The highest BCUT2D eigenvalue weighted by Gasteiger charge is 2.45. The molecule has 2 aliphatic heterocycles. The highest BCUT2D eigenvalue weighted by atomic mass is 19.4. The SMILES string of the molecule is CN(c1ncnc(N2CCCC2c2ccc(C(F)(F)F)cc2)c1F)C1CC(C)(C)N(C)C1=O. The lowest BCUT2D eigenvalue weighted by molar-refractivity contribution is -0.137. The zero-order chi connectivity index (χ0) is 24.1. The Morgan fingerprint density at radius 3 is 2.39 bits per heavy atom. The summed E-state index contributed by atoms with van der Waals surface area (Å²) in [6.45, 7) is 4.43. The molecule has 2 saturated heterocycles. The molecule has 1 amide bonds. The summed E-state index contributed by atoms with van der Waals surface area (Å²) in [5, 5.41) is 0. The number of carbonyl (C=O) groups is 1. The third-order valence-electron chi connectivity index (χ3n) is 6.92. The van der Waals surface area contributed by atoms with Crippen LogP contribution in [0.2, 0.25) is 0 Å². The minimum atomic E-state index is -4.41. The van der Waals surface area contributed by atoms with Crippen molar-refractivity contribution in [2.24, 2.45) is 0 Å². The predicted molar refractivity (Wildman–Crippen MR) is 116 cm³/mol. The second kappa shape index (κ2) is 8.14. The summed E-state index contributed by atoms with van der Waals surface area (Å²) in [5.74, 6) is -0.625. The second-order valence-corrected chi connectivity index (χ2v) is 9.35. The van der Waals surface area contributed by atoms with Crippen molar-refractivity contribution in [3.63, 3.8) is 0 Å². The quantitative estimate of drug-likeness (QED) is 0.626. The van der Waals surface area contributed by atoms with Gasteiger partial charge in [-0.3, -0.25) is 4.79 Å². The minimum Gasteiger partial charge on any atom is -0.347 e. The number of carbonyl (C=O) groups excluding carboxylic acids is 1. The van der Waals surface area contributed by atoms with E-state index in [-0.39, 0.29) is 29.1 Å². The van der Waals surface area contributed by atoms with Crippen molar-refractivity contribution in [3.8, 4) is 0 Å². The molecule has 2 aromatic rings. The first-order valence-electron chi connectivity index (χ1n) is 10.9. The Morgan fingerprint density at radius 1 is 1.15 bits per heavy atom. The molecule has 2 atom stereocenters. The Hall–Kier alpha value is -2.91. The Kier molecular flexibility index (Phi) is 5.74. The topological polar surface area (TPSA) is 52.6 Å². The van der Waals surface area contributed by atoms with Crippen LogP contribution in [0.5, 0.6) is 0 Å². The van der Waals surface area contributed by atoms with E-state index in [0.717, 1.165) is 18.6 Å². The fourth-order valence-corrected chi connectivity index (χ4v) is 4.73. The molecule has 6 nitrogen and oxygen atoms in total. The Bertz CT molecular complexity index is 1040. The van der Waals surface area contributed by atoms with Crippen LogP contribution in [-0.2, 0) is 11.0 Å². The number of benzene rings is 1. The summed E-state index contributed by atoms with van der Waals surface area (Å²) in [6.07, 6.45) is -1.21. The van der Waals surface area contributed by atoms with Gasteiger partial charge >= 0.3 is 6.18 Å². The maximum atomic E-state index is 15.7. The monoisotopic (exact) mass is 465 g/mol. The Labute approximate surface area is 190 Å². The second-order valence-electron chi connectivity index (χ2n) is 9.35. The van der Waals surface area contributed by atoms with Gasteiger partial charge < -0.3 is 14.7 Å². The fraction of sp³-hybridized carbons (Fsp3) is 0.522. The van der Waals surface area contributed by atoms with E-state index in [0.29, 0.717) is 24.9 Å². The lowest BCUT2D eigenvalue weighted by atomic mass is 10.00. The van der Waals surface area contributed by atoms with E-state index in [1.165, 1.54) is 18.5 Å². The molecule has 0 N–H and O–H groups in total. The molecule has 2 unspecified atom stereocenters. The lowest BCUT2D eigenvalue weighted by Crippen LogP contribution is -2.41. The molecule has 10 heteroatoms. The van der Waals surface area contributed by atoms with Crippen LogP contribution in [0.3, 0.4) is 0 Å². The number of nitrogens with zero attached hydrogens (tertiary/aromatic N) is 5. The van der Waals surface area contributed by atoms with Crippen LogP contribution in [-0.4, -0.2) is 53.0 Å². The van der Waals surface area contributed by atoms with E-state index in [9.17, 15) is 18.0 Å². The maximum Gasteiger partial charge on any atom is 0.416 e. The summed E-state index contributed by atoms with van der Waals surface area (Å²) in [4.78, 5) is 26.0. The number of aromatic nitrogens is 2. The van der Waals surface area contributed by atoms with Gasteiger partial charge in [-0.05, 0) is 50.8 Å². The van der Waals surface area contributed by atoms with Gasteiger partial charge in [0.2, 0.25) is 11.7 Å². The number of rotatable bonds is 4. The maximum absolute atomic E-state index is 15.7. The number of anilines is 2. The third-order valence-corrected chi connectivity index (χ3v) is 6.92. The van der Waals surface area contributed by atoms with Crippen LogP contribution in [0.1, 0.15) is 50.3 Å². The molecule has 2 aliphatic rings. The van der Waals surface area contributed by atoms with E-state index in [2.05, 4.69) is 9.97 Å². The average Bonchev–Trinajstić information content (AvgIpc) is 3.32. The van der Waals surface area contributed by atoms with Crippen molar-refractivity contribution in [2.75, 3.05) is 30.4 Å². The van der Waals surface area contributed by atoms with Gasteiger partial charge in [0.05, 0.1) is 11.6 Å². The number of hydrogen-bond acceptors (Lipinski definition) is 5. The van der Waals surface area contributed by atoms with Crippen LogP contribution in [0.15, 0.2) is 30.6 Å². The zero-order valence-electron chi connectivity index (χ0n) is 19.0. The first kappa shape index (κ1) is 23.3. The summed E-state index contributed by atoms with van der Waals surface area (Å²) in [6, 6.07) is 4.12. The van der Waals surface area contributed by atoms with Crippen LogP contribution in [0.25, 0.3) is 0 Å². The summed E-state index contributed by atoms with van der Waals surface area (Å²) < 4.78 is 54.5. The van der Waals surface area contributed by atoms with Gasteiger partial charge in [-0.1, -0.05) is 12.1 Å². The summed E-state index contributed by atoms with van der Waals surface area (Å²) in [5.41, 5.74) is -0.407. The Balaban J connectivity index is 1.62. The first-order chi connectivity index (χ1) is 15.4. The number of alkyl halides is 3. The van der Waals surface area contributed by atoms with Gasteiger partial charge in [0.15, 0.2) is 11.6 Å². The van der Waals surface area contributed by atoms with Crippen LogP contribution in [0.4, 0.5) is 29.2 Å². The van der Waals surface area contributed by atoms with Gasteiger partial charge in [0.1, 0.15) is 12.4 Å². The summed E-state index contributed by atoms with van der Waals surface area (Å²) >= 11 is 0. The molecular formula is C23H27F4N5O. The minimum absolute atomic E-state index is 0.0301. The molecule has 0 bridgehead atoms. The molecule has 4 rings (SSSR count). The molecule has 178 valence electrons. The van der Waals surface area contributed by atoms with E-state index < -0.39 is 23.6 Å². The van der Waals surface area contributed by atoms with Crippen molar-refractivity contribution in [3.05, 3.63) is 47.5 Å². The standard InChI is InChI=1S/C23H27F4N5O/c1-22(2)12-17(21(33)31(22)4)30(3)19-18(24)20(29-13-28-19)32-11-5-6-16(32)14-7-9-15(10-8-14)23(25,26)27/h7-10,13,16-17H,5-6,11-12H2,1-4H3. The lowest BCUT2D eigenvalue weighted by Gasteiger charge is -2.29. The molecule has 1 aromatic heterocycles. The molecule has 1 aromatic carbocycles. The molecule has 2 fully saturated rings. The van der Waals surface area contributed by atoms with E-state index in [1.807, 2.05) is 13.8 Å². The van der Waals surface area contributed by atoms with Gasteiger partial charge in [0, 0.05) is 26.2 Å². The zero-order valence-corrected chi connectivity index (χ0v) is 19.0. The normalized spacial score (nSPS) is 22.8. The number of halogens is 4. The van der Waals surface area contributed by atoms with E-state index >= 15 is 4.39 Å². The van der Waals surface area contributed by atoms with Crippen molar-refractivity contribution in [2.45, 2.75) is 56.9 Å². The van der Waals surface area contributed by atoms with Gasteiger partial charge in [-0.25, -0.2) is 9.97 Å². The van der Waals surface area contributed by atoms with Gasteiger partial charge in [0.25, 0.3) is 0 Å². The molecular weight excluding hydrogens is 438 g/mol. The fourth-order valence-electron chi connectivity index (χ4n) is 4.73. The van der Waals surface area contributed by atoms with Crippen molar-refractivity contribution in [1.82, 2.24) is 14.9 Å². The predicted octanol–water partition coefficient (Wildman–Crippen LogP) is 4.42. The highest BCUT2D eigenvalue weighted by Crippen LogP contribution is 2.40. The molecule has 33 heavy (non-hydrogen) atoms. The molecule has 3 heterocycles. The van der Waals surface area contributed by atoms with Crippen LogP contribution in [0, 0.1) is 5.82 Å². The third kappa shape index (κ3) is 4.11. The number of likely N-dealkylation sites (N-methyl/N-ethyl adjacent to an activating group) is 2. The first-order valence-corrected chi connectivity index (χ1v) is 10.9. The average molecular weight is 465 g/mol. The molecule has 0 aliphatic carbocycles. The Morgan fingerprint density at radius 2 is 1.82 bits per heavy atom. The molecule has 0 saturated carbocycles. The van der Waals surface area contributed by atoms with Crippen molar-refractivity contribution < 1.29 is 22.4 Å². The smallest absolute Gasteiger partial charge is 0.347 e. The molecule has 0 spiro atoms. The van der Waals surface area contributed by atoms with Crippen molar-refractivity contribution >= 4 is 17.5 Å². The van der Waals surface area contributed by atoms with E-state index in [4.69, 9.17) is 0 Å². The van der Waals surface area contributed by atoms with Gasteiger partial charge in [-0.15, -0.1) is 0 Å². The van der Waals surface area contributed by atoms with E-state index in [1.54, 1.807) is 28.8 Å². The highest BCUT2D eigenvalue weighted by molar-refractivity contribution is 5.88. The number of hydrogen-bond donors (Lipinski definition) is 0. The largest absolute Gasteiger partial charge is 0.416 e. The van der Waals surface area contributed by atoms with Crippen LogP contribution >= 0.6 is 0 Å². The van der Waals surface area contributed by atoms with Crippen molar-refractivity contribution in [1.29, 1.82) is 0 Å². The van der Waals surface area contributed by atoms with Gasteiger partial charge in [-0.2, -0.15) is 17.6 Å².